The lowest BCUT2D eigenvalue weighted by Gasteiger charge is -2.27. The van der Waals surface area contributed by atoms with Crippen LogP contribution < -0.4 is 5.32 Å². The van der Waals surface area contributed by atoms with Gasteiger partial charge in [-0.05, 0) is 17.5 Å². The number of aryl methyl sites for hydroxylation is 1. The average Bonchev–Trinajstić information content (AvgIpc) is 3.32. The van der Waals surface area contributed by atoms with Crippen LogP contribution in [-0.4, -0.2) is 27.0 Å². The molecule has 7 nitrogen and oxygen atoms in total. The summed E-state index contributed by atoms with van der Waals surface area (Å²) in [6.07, 6.45) is 2.64. The van der Waals surface area contributed by atoms with Gasteiger partial charge in [0.05, 0.1) is 6.54 Å². The Balaban J connectivity index is 1.68. The normalized spacial score (nSPS) is 15.6. The van der Waals surface area contributed by atoms with Gasteiger partial charge in [-0.2, -0.15) is 4.98 Å². The fourth-order valence-corrected chi connectivity index (χ4v) is 3.58. The van der Waals surface area contributed by atoms with Crippen molar-refractivity contribution in [3.8, 4) is 0 Å². The fourth-order valence-electron chi connectivity index (χ4n) is 3.58. The third-order valence-electron chi connectivity index (χ3n) is 5.07. The number of carbonyl (C=O) groups is 2. The predicted molar refractivity (Wildman–Crippen MR) is 106 cm³/mol. The smallest absolute Gasteiger partial charge is 0.325 e. The second-order valence-electron chi connectivity index (χ2n) is 7.01. The second-order valence-corrected chi connectivity index (χ2v) is 7.01. The van der Waals surface area contributed by atoms with Gasteiger partial charge in [0, 0.05) is 6.42 Å². The monoisotopic (exact) mass is 390 g/mol. The molecule has 3 aromatic rings. The van der Waals surface area contributed by atoms with Crippen LogP contribution in [0.2, 0.25) is 0 Å². The van der Waals surface area contributed by atoms with Crippen molar-refractivity contribution in [1.82, 2.24) is 20.4 Å². The number of hydrogen-bond donors (Lipinski definition) is 1. The van der Waals surface area contributed by atoms with Crippen molar-refractivity contribution in [3.05, 3.63) is 83.5 Å². The van der Waals surface area contributed by atoms with Crippen LogP contribution in [-0.2, 0) is 23.3 Å². The van der Waals surface area contributed by atoms with Crippen molar-refractivity contribution >= 4 is 11.9 Å². The minimum atomic E-state index is -1.28. The number of imide groups is 1. The first-order chi connectivity index (χ1) is 14.1. The molecule has 1 aliphatic heterocycles. The highest BCUT2D eigenvalue weighted by Gasteiger charge is 2.53. The van der Waals surface area contributed by atoms with Crippen LogP contribution in [0.1, 0.15) is 42.6 Å². The molecule has 2 aromatic carbocycles. The molecule has 7 heteroatoms. The molecule has 1 fully saturated rings. The van der Waals surface area contributed by atoms with Gasteiger partial charge in [0.15, 0.2) is 11.4 Å². The van der Waals surface area contributed by atoms with E-state index in [9.17, 15) is 9.59 Å². The number of rotatable bonds is 7. The Labute approximate surface area is 168 Å². The zero-order valence-electron chi connectivity index (χ0n) is 16.2. The maximum atomic E-state index is 13.6. The molecule has 4 rings (SSSR count). The molecule has 0 unspecified atom stereocenters. The molecule has 1 N–H and O–H groups in total. The summed E-state index contributed by atoms with van der Waals surface area (Å²) in [6, 6.07) is 18.0. The van der Waals surface area contributed by atoms with Crippen LogP contribution in [0.3, 0.4) is 0 Å². The Morgan fingerprint density at radius 1 is 1.00 bits per heavy atom. The molecule has 2 heterocycles. The lowest BCUT2D eigenvalue weighted by molar-refractivity contribution is -0.130. The van der Waals surface area contributed by atoms with Gasteiger partial charge in [-0.25, -0.2) is 4.79 Å². The number of aromatic nitrogens is 2. The lowest BCUT2D eigenvalue weighted by Crippen LogP contribution is -2.45. The first kappa shape index (κ1) is 18.9. The third kappa shape index (κ3) is 3.40. The molecule has 3 amide bonds. The van der Waals surface area contributed by atoms with Crippen LogP contribution in [0.4, 0.5) is 4.79 Å². The molecular formula is C22H22N4O3. The summed E-state index contributed by atoms with van der Waals surface area (Å²) in [5.74, 6) is 0.475. The number of urea groups is 1. The number of nitrogens with zero attached hydrogens (tertiary/aromatic N) is 3. The van der Waals surface area contributed by atoms with Gasteiger partial charge in [0.1, 0.15) is 0 Å². The standard InChI is InChI=1S/C22H22N4O3/c1-2-3-14-19-23-18(25-29-19)15-26-20(27)22(24-21(26)28,16-10-6-4-7-11-16)17-12-8-5-9-13-17/h4-13H,2-3,14-15H2,1H3,(H,24,28). The quantitative estimate of drug-likeness (QED) is 0.625. The van der Waals surface area contributed by atoms with E-state index in [0.29, 0.717) is 29.3 Å². The highest BCUT2D eigenvalue weighted by molar-refractivity contribution is 6.09. The zero-order chi connectivity index (χ0) is 20.3. The largest absolute Gasteiger partial charge is 0.339 e. The first-order valence-electron chi connectivity index (χ1n) is 9.71. The molecule has 0 saturated carbocycles. The van der Waals surface area contributed by atoms with Crippen LogP contribution in [0.15, 0.2) is 65.2 Å². The summed E-state index contributed by atoms with van der Waals surface area (Å²) in [6.45, 7) is 2.04. The summed E-state index contributed by atoms with van der Waals surface area (Å²) in [5, 5.41) is 6.85. The fraction of sp³-hybridized carbons (Fsp3) is 0.273. The number of nitrogens with one attached hydrogen (secondary N) is 1. The highest BCUT2D eigenvalue weighted by atomic mass is 16.5. The number of unbranched alkanes of at least 4 members (excludes halogenated alkanes) is 1. The van der Waals surface area contributed by atoms with E-state index in [2.05, 4.69) is 22.4 Å². The third-order valence-corrected chi connectivity index (χ3v) is 5.07. The van der Waals surface area contributed by atoms with Gasteiger partial charge >= 0.3 is 6.03 Å². The van der Waals surface area contributed by atoms with E-state index in [1.54, 1.807) is 0 Å². The van der Waals surface area contributed by atoms with Crippen molar-refractivity contribution in [2.75, 3.05) is 0 Å². The topological polar surface area (TPSA) is 88.3 Å². The van der Waals surface area contributed by atoms with Crippen LogP contribution in [0.5, 0.6) is 0 Å². The maximum Gasteiger partial charge on any atom is 0.325 e. The van der Waals surface area contributed by atoms with E-state index < -0.39 is 11.6 Å². The van der Waals surface area contributed by atoms with E-state index in [-0.39, 0.29) is 12.5 Å². The Morgan fingerprint density at radius 3 is 2.21 bits per heavy atom. The molecule has 1 aromatic heterocycles. The van der Waals surface area contributed by atoms with E-state index in [0.717, 1.165) is 17.7 Å². The number of hydrogen-bond acceptors (Lipinski definition) is 5. The van der Waals surface area contributed by atoms with Gasteiger partial charge in [-0.3, -0.25) is 9.69 Å². The molecule has 0 radical (unpaired) electrons. The van der Waals surface area contributed by atoms with Crippen LogP contribution >= 0.6 is 0 Å². The van der Waals surface area contributed by atoms with Gasteiger partial charge in [-0.1, -0.05) is 79.2 Å². The van der Waals surface area contributed by atoms with Crippen LogP contribution in [0.25, 0.3) is 0 Å². The summed E-state index contributed by atoms with van der Waals surface area (Å²) in [7, 11) is 0. The maximum absolute atomic E-state index is 13.6. The Morgan fingerprint density at radius 2 is 1.62 bits per heavy atom. The summed E-state index contributed by atoms with van der Waals surface area (Å²) in [4.78, 5) is 31.9. The number of benzene rings is 2. The summed E-state index contributed by atoms with van der Waals surface area (Å²) in [5.41, 5.74) is 0.113. The van der Waals surface area contributed by atoms with E-state index >= 15 is 0 Å². The highest BCUT2D eigenvalue weighted by Crippen LogP contribution is 2.36. The van der Waals surface area contributed by atoms with Crippen molar-refractivity contribution < 1.29 is 14.1 Å². The second kappa shape index (κ2) is 7.87. The van der Waals surface area contributed by atoms with E-state index in [1.807, 2.05) is 60.7 Å². The molecule has 0 atom stereocenters. The van der Waals surface area contributed by atoms with Gasteiger partial charge < -0.3 is 9.84 Å². The summed E-state index contributed by atoms with van der Waals surface area (Å²) >= 11 is 0. The zero-order valence-corrected chi connectivity index (χ0v) is 16.2. The minimum Gasteiger partial charge on any atom is -0.339 e. The van der Waals surface area contributed by atoms with E-state index in [1.165, 1.54) is 0 Å². The molecule has 1 aliphatic rings. The van der Waals surface area contributed by atoms with Crippen LogP contribution in [0, 0.1) is 0 Å². The molecule has 0 bridgehead atoms. The molecule has 0 aliphatic carbocycles. The van der Waals surface area contributed by atoms with Gasteiger partial charge in [0.25, 0.3) is 5.91 Å². The number of amides is 3. The molecule has 29 heavy (non-hydrogen) atoms. The molecule has 148 valence electrons. The predicted octanol–water partition coefficient (Wildman–Crippen LogP) is 3.41. The Bertz CT molecular complexity index is 962. The average molecular weight is 390 g/mol. The van der Waals surface area contributed by atoms with Crippen molar-refractivity contribution in [2.24, 2.45) is 0 Å². The lowest BCUT2D eigenvalue weighted by atomic mass is 9.82. The Kier molecular flexibility index (Phi) is 5.12. The van der Waals surface area contributed by atoms with Crippen molar-refractivity contribution in [2.45, 2.75) is 38.3 Å². The molecule has 1 saturated heterocycles. The van der Waals surface area contributed by atoms with Crippen molar-refractivity contribution in [3.63, 3.8) is 0 Å². The minimum absolute atomic E-state index is 0.0400. The van der Waals surface area contributed by atoms with E-state index in [4.69, 9.17) is 4.52 Å². The summed E-state index contributed by atoms with van der Waals surface area (Å²) < 4.78 is 5.24. The SMILES string of the molecule is CCCCc1nc(CN2C(=O)NC(c3ccccc3)(c3ccccc3)C2=O)no1. The molecular weight excluding hydrogens is 368 g/mol. The van der Waals surface area contributed by atoms with Crippen molar-refractivity contribution in [1.29, 1.82) is 0 Å². The first-order valence-corrected chi connectivity index (χ1v) is 9.71. The molecule has 0 spiro atoms. The number of carbonyl (C=O) groups excluding carboxylic acids is 2. The Hall–Kier alpha value is -3.48. The van der Waals surface area contributed by atoms with Gasteiger partial charge in [0.2, 0.25) is 5.89 Å². The van der Waals surface area contributed by atoms with Gasteiger partial charge in [-0.15, -0.1) is 0 Å².